The van der Waals surface area contributed by atoms with Gasteiger partial charge in [-0.1, -0.05) is 34.1 Å². The summed E-state index contributed by atoms with van der Waals surface area (Å²) in [4.78, 5) is 30.9. The number of hydrogen-bond donors (Lipinski definition) is 2. The van der Waals surface area contributed by atoms with Crippen molar-refractivity contribution >= 4 is 39.3 Å². The number of hydrazone groups is 1. The van der Waals surface area contributed by atoms with Crippen molar-refractivity contribution in [2.75, 3.05) is 5.43 Å². The standard InChI is InChI=1S/C14H13BrN6O2/c1-20-11-10(12(22)21(2)14(20)23)17-13(18-11)19-16-7-8-5-3-4-6-9(8)15/h3-7H,1-2H3,(H2,17,18,19)/b16-7-. The van der Waals surface area contributed by atoms with Gasteiger partial charge in [0.1, 0.15) is 0 Å². The van der Waals surface area contributed by atoms with Gasteiger partial charge in [0.25, 0.3) is 5.56 Å². The first-order chi connectivity index (χ1) is 11.0. The lowest BCUT2D eigenvalue weighted by Gasteiger charge is -2.00. The molecule has 118 valence electrons. The number of nitrogens with one attached hydrogen (secondary N) is 2. The molecule has 2 heterocycles. The summed E-state index contributed by atoms with van der Waals surface area (Å²) < 4.78 is 3.23. The lowest BCUT2D eigenvalue weighted by atomic mass is 10.2. The maximum absolute atomic E-state index is 12.1. The summed E-state index contributed by atoms with van der Waals surface area (Å²) in [5.41, 5.74) is 3.26. The van der Waals surface area contributed by atoms with Crippen molar-refractivity contribution in [1.29, 1.82) is 0 Å². The van der Waals surface area contributed by atoms with Gasteiger partial charge in [0, 0.05) is 24.1 Å². The molecule has 0 aliphatic rings. The Morgan fingerprint density at radius 1 is 1.26 bits per heavy atom. The minimum atomic E-state index is -0.433. The number of halogens is 1. The van der Waals surface area contributed by atoms with Crippen molar-refractivity contribution in [2.24, 2.45) is 19.2 Å². The lowest BCUT2D eigenvalue weighted by molar-refractivity contribution is 0.709. The summed E-state index contributed by atoms with van der Waals surface area (Å²) in [5.74, 6) is 0.279. The van der Waals surface area contributed by atoms with Crippen LogP contribution in [-0.2, 0) is 14.1 Å². The monoisotopic (exact) mass is 376 g/mol. The van der Waals surface area contributed by atoms with Crippen molar-refractivity contribution in [1.82, 2.24) is 19.1 Å². The molecule has 0 saturated heterocycles. The van der Waals surface area contributed by atoms with E-state index in [1.54, 1.807) is 13.3 Å². The van der Waals surface area contributed by atoms with Crippen LogP contribution in [-0.4, -0.2) is 25.3 Å². The van der Waals surface area contributed by atoms with Crippen LogP contribution in [0.25, 0.3) is 11.2 Å². The smallest absolute Gasteiger partial charge is 0.317 e. The van der Waals surface area contributed by atoms with Crippen molar-refractivity contribution in [3.05, 3.63) is 55.1 Å². The third kappa shape index (κ3) is 2.70. The third-order valence-electron chi connectivity index (χ3n) is 3.37. The van der Waals surface area contributed by atoms with Gasteiger partial charge in [-0.25, -0.2) is 10.2 Å². The van der Waals surface area contributed by atoms with E-state index in [9.17, 15) is 9.59 Å². The molecular weight excluding hydrogens is 364 g/mol. The van der Waals surface area contributed by atoms with Crippen molar-refractivity contribution in [3.63, 3.8) is 0 Å². The molecule has 23 heavy (non-hydrogen) atoms. The van der Waals surface area contributed by atoms with Gasteiger partial charge < -0.3 is 4.98 Å². The number of aromatic amines is 1. The number of rotatable bonds is 3. The quantitative estimate of drug-likeness (QED) is 0.529. The second kappa shape index (κ2) is 5.84. The van der Waals surface area contributed by atoms with Crippen molar-refractivity contribution < 1.29 is 0 Å². The molecule has 0 radical (unpaired) electrons. The highest BCUT2D eigenvalue weighted by Gasteiger charge is 2.12. The predicted molar refractivity (Wildman–Crippen MR) is 91.9 cm³/mol. The fraction of sp³-hybridized carbons (Fsp3) is 0.143. The molecule has 9 heteroatoms. The molecule has 0 saturated carbocycles. The Labute approximate surface area is 138 Å². The van der Waals surface area contributed by atoms with Crippen molar-refractivity contribution in [2.45, 2.75) is 0 Å². The van der Waals surface area contributed by atoms with Crippen LogP contribution in [0.15, 0.2) is 43.4 Å². The van der Waals surface area contributed by atoms with E-state index in [-0.39, 0.29) is 17.1 Å². The number of fused-ring (bicyclic) bond motifs is 1. The average Bonchev–Trinajstić information content (AvgIpc) is 2.97. The fourth-order valence-electron chi connectivity index (χ4n) is 2.12. The van der Waals surface area contributed by atoms with Gasteiger partial charge in [0.05, 0.1) is 6.21 Å². The Morgan fingerprint density at radius 2 is 2.00 bits per heavy atom. The molecule has 0 unspecified atom stereocenters. The molecule has 0 fully saturated rings. The lowest BCUT2D eigenvalue weighted by Crippen LogP contribution is -2.36. The van der Waals surface area contributed by atoms with Crippen LogP contribution in [0.3, 0.4) is 0 Å². The molecular formula is C14H13BrN6O2. The summed E-state index contributed by atoms with van der Waals surface area (Å²) in [5, 5.41) is 4.08. The van der Waals surface area contributed by atoms with Crippen LogP contribution in [0.1, 0.15) is 5.56 Å². The molecule has 0 bridgehead atoms. The Morgan fingerprint density at radius 3 is 2.74 bits per heavy atom. The van der Waals surface area contributed by atoms with Crippen LogP contribution in [0.2, 0.25) is 0 Å². The third-order valence-corrected chi connectivity index (χ3v) is 4.10. The molecule has 1 aromatic carbocycles. The number of nitrogens with zero attached hydrogens (tertiary/aromatic N) is 4. The van der Waals surface area contributed by atoms with Gasteiger partial charge in [0.2, 0.25) is 5.95 Å². The summed E-state index contributed by atoms with van der Waals surface area (Å²) in [6.45, 7) is 0. The minimum absolute atomic E-state index is 0.244. The highest BCUT2D eigenvalue weighted by Crippen LogP contribution is 2.13. The first-order valence-corrected chi connectivity index (χ1v) is 7.47. The highest BCUT2D eigenvalue weighted by molar-refractivity contribution is 9.10. The Kier molecular flexibility index (Phi) is 3.87. The van der Waals surface area contributed by atoms with Crippen LogP contribution >= 0.6 is 15.9 Å². The Hall–Kier alpha value is -2.68. The average molecular weight is 377 g/mol. The maximum Gasteiger partial charge on any atom is 0.332 e. The zero-order valence-corrected chi connectivity index (χ0v) is 14.0. The number of anilines is 1. The fourth-order valence-corrected chi connectivity index (χ4v) is 2.51. The van der Waals surface area contributed by atoms with Crippen molar-refractivity contribution in [3.8, 4) is 0 Å². The zero-order valence-electron chi connectivity index (χ0n) is 12.4. The van der Waals surface area contributed by atoms with Gasteiger partial charge in [-0.15, -0.1) is 0 Å². The molecule has 0 spiro atoms. The summed E-state index contributed by atoms with van der Waals surface area (Å²) in [7, 11) is 2.97. The molecule has 0 aliphatic heterocycles. The largest absolute Gasteiger partial charge is 0.332 e. The Bertz CT molecular complexity index is 1030. The van der Waals surface area contributed by atoms with Crippen LogP contribution in [0, 0.1) is 0 Å². The topological polar surface area (TPSA) is 97.1 Å². The normalized spacial score (nSPS) is 11.4. The van der Waals surface area contributed by atoms with Crippen LogP contribution < -0.4 is 16.7 Å². The van der Waals surface area contributed by atoms with Crippen LogP contribution in [0.5, 0.6) is 0 Å². The predicted octanol–water partition coefficient (Wildman–Crippen LogP) is 1.17. The molecule has 3 rings (SSSR count). The Balaban J connectivity index is 1.95. The SMILES string of the molecule is Cn1c(=O)c2[nH]c(N/N=C\c3ccccc3Br)nc2n(C)c1=O. The number of aromatic nitrogens is 4. The number of imidazole rings is 1. The van der Waals surface area contributed by atoms with E-state index in [0.717, 1.165) is 14.6 Å². The number of H-pyrrole nitrogens is 1. The summed E-state index contributed by atoms with van der Waals surface area (Å²) >= 11 is 3.42. The van der Waals surface area contributed by atoms with E-state index in [4.69, 9.17) is 0 Å². The minimum Gasteiger partial charge on any atom is -0.317 e. The first-order valence-electron chi connectivity index (χ1n) is 6.68. The highest BCUT2D eigenvalue weighted by atomic mass is 79.9. The molecule has 2 aromatic heterocycles. The second-order valence-corrected chi connectivity index (χ2v) is 5.74. The molecule has 0 amide bonds. The van der Waals surface area contributed by atoms with Crippen LogP contribution in [0.4, 0.5) is 5.95 Å². The molecule has 8 nitrogen and oxygen atoms in total. The van der Waals surface area contributed by atoms with E-state index in [0.29, 0.717) is 0 Å². The van der Waals surface area contributed by atoms with Gasteiger partial charge in [-0.2, -0.15) is 10.1 Å². The summed E-state index contributed by atoms with van der Waals surface area (Å²) in [6, 6.07) is 7.60. The van der Waals surface area contributed by atoms with E-state index < -0.39 is 11.2 Å². The van der Waals surface area contributed by atoms with Gasteiger partial charge in [-0.05, 0) is 6.07 Å². The molecule has 2 N–H and O–H groups in total. The van der Waals surface area contributed by atoms with Gasteiger partial charge in [-0.3, -0.25) is 13.9 Å². The van der Waals surface area contributed by atoms with Gasteiger partial charge in [0.15, 0.2) is 11.2 Å². The number of benzene rings is 1. The number of hydrogen-bond acceptors (Lipinski definition) is 5. The van der Waals surface area contributed by atoms with E-state index >= 15 is 0 Å². The number of aryl methyl sites for hydroxylation is 1. The van der Waals surface area contributed by atoms with E-state index in [2.05, 4.69) is 36.4 Å². The maximum atomic E-state index is 12.1. The zero-order chi connectivity index (χ0) is 16.6. The van der Waals surface area contributed by atoms with E-state index in [1.165, 1.54) is 11.6 Å². The summed E-state index contributed by atoms with van der Waals surface area (Å²) in [6.07, 6.45) is 1.62. The van der Waals surface area contributed by atoms with E-state index in [1.807, 2.05) is 24.3 Å². The second-order valence-electron chi connectivity index (χ2n) is 4.88. The molecule has 3 aromatic rings. The first kappa shape index (κ1) is 15.2. The molecule has 0 atom stereocenters. The van der Waals surface area contributed by atoms with Gasteiger partial charge >= 0.3 is 5.69 Å². The molecule has 0 aliphatic carbocycles.